The summed E-state index contributed by atoms with van der Waals surface area (Å²) in [5, 5.41) is 25.2. The predicted octanol–water partition coefficient (Wildman–Crippen LogP) is 1.86. The molecule has 1 heterocycles. The summed E-state index contributed by atoms with van der Waals surface area (Å²) in [6, 6.07) is 6.12. The molecule has 1 amide bonds. The largest absolute Gasteiger partial charge is 0.394 e. The Kier molecular flexibility index (Phi) is 8.25. The van der Waals surface area contributed by atoms with Gasteiger partial charge in [-0.2, -0.15) is 4.98 Å². The number of benzene rings is 1. The van der Waals surface area contributed by atoms with Crippen LogP contribution in [-0.4, -0.2) is 58.9 Å². The minimum Gasteiger partial charge on any atom is -0.394 e. The molecule has 0 aliphatic rings. The number of halogens is 2. The molecule has 0 aliphatic heterocycles. The molecule has 28 heavy (non-hydrogen) atoms. The lowest BCUT2D eigenvalue weighted by molar-refractivity contribution is -0.120. The Bertz CT molecular complexity index is 809. The molecule has 10 heteroatoms. The van der Waals surface area contributed by atoms with E-state index in [2.05, 4.69) is 20.6 Å². The van der Waals surface area contributed by atoms with E-state index in [1.165, 1.54) is 6.20 Å². The van der Waals surface area contributed by atoms with Crippen LogP contribution in [0.15, 0.2) is 30.5 Å². The minimum atomic E-state index is -0.580. The second kappa shape index (κ2) is 10.4. The SMILES string of the molecule is C[C@@H](CO)Nc1ncc(Cl)c(N(C)CC(=O)N[C@H](CO)c2cccc(Cl)c2)n1. The third-order valence-corrected chi connectivity index (χ3v) is 4.39. The molecule has 0 unspecified atom stereocenters. The van der Waals surface area contributed by atoms with Crippen molar-refractivity contribution in [1.82, 2.24) is 15.3 Å². The number of hydrogen-bond acceptors (Lipinski definition) is 7. The van der Waals surface area contributed by atoms with Crippen LogP contribution in [0.1, 0.15) is 18.5 Å². The lowest BCUT2D eigenvalue weighted by Crippen LogP contribution is -2.39. The summed E-state index contributed by atoms with van der Waals surface area (Å²) in [4.78, 5) is 22.4. The quantitative estimate of drug-likeness (QED) is 0.483. The number of nitrogens with zero attached hydrogens (tertiary/aromatic N) is 3. The summed E-state index contributed by atoms with van der Waals surface area (Å²) in [6.07, 6.45) is 1.42. The topological polar surface area (TPSA) is 111 Å². The van der Waals surface area contributed by atoms with Gasteiger partial charge in [-0.3, -0.25) is 4.79 Å². The van der Waals surface area contributed by atoms with Gasteiger partial charge in [0.25, 0.3) is 0 Å². The molecule has 4 N–H and O–H groups in total. The first-order valence-electron chi connectivity index (χ1n) is 8.60. The van der Waals surface area contributed by atoms with E-state index in [1.54, 1.807) is 43.1 Å². The predicted molar refractivity (Wildman–Crippen MR) is 110 cm³/mol. The Labute approximate surface area is 173 Å². The van der Waals surface area contributed by atoms with Crippen molar-refractivity contribution < 1.29 is 15.0 Å². The fraction of sp³-hybridized carbons (Fsp3) is 0.389. The summed E-state index contributed by atoms with van der Waals surface area (Å²) in [5.41, 5.74) is 0.704. The zero-order valence-corrected chi connectivity index (χ0v) is 17.1. The van der Waals surface area contributed by atoms with Crippen molar-refractivity contribution in [1.29, 1.82) is 0 Å². The zero-order chi connectivity index (χ0) is 20.7. The Hall–Kier alpha value is -2.13. The molecule has 0 fully saturated rings. The lowest BCUT2D eigenvalue weighted by Gasteiger charge is -2.22. The van der Waals surface area contributed by atoms with Gasteiger partial charge >= 0.3 is 0 Å². The van der Waals surface area contributed by atoms with Gasteiger partial charge in [-0.1, -0.05) is 35.3 Å². The van der Waals surface area contributed by atoms with Crippen molar-refractivity contribution in [3.8, 4) is 0 Å². The third kappa shape index (κ3) is 6.20. The highest BCUT2D eigenvalue weighted by atomic mass is 35.5. The van der Waals surface area contributed by atoms with Crippen LogP contribution in [0.5, 0.6) is 0 Å². The lowest BCUT2D eigenvalue weighted by atomic mass is 10.1. The van der Waals surface area contributed by atoms with Gasteiger partial charge in [-0.15, -0.1) is 0 Å². The van der Waals surface area contributed by atoms with E-state index < -0.39 is 6.04 Å². The second-order valence-electron chi connectivity index (χ2n) is 6.31. The molecule has 1 aromatic heterocycles. The van der Waals surface area contributed by atoms with Crippen molar-refractivity contribution in [2.75, 3.05) is 37.0 Å². The number of carbonyl (C=O) groups is 1. The smallest absolute Gasteiger partial charge is 0.240 e. The van der Waals surface area contributed by atoms with Crippen molar-refractivity contribution in [3.63, 3.8) is 0 Å². The fourth-order valence-corrected chi connectivity index (χ4v) is 2.88. The van der Waals surface area contributed by atoms with Crippen LogP contribution < -0.4 is 15.5 Å². The number of likely N-dealkylation sites (N-methyl/N-ethyl adjacent to an activating group) is 1. The maximum absolute atomic E-state index is 12.4. The normalized spacial score (nSPS) is 12.9. The van der Waals surface area contributed by atoms with E-state index in [4.69, 9.17) is 28.3 Å². The number of rotatable bonds is 9. The van der Waals surface area contributed by atoms with Crippen LogP contribution in [0.3, 0.4) is 0 Å². The van der Waals surface area contributed by atoms with Crippen LogP contribution >= 0.6 is 23.2 Å². The third-order valence-electron chi connectivity index (χ3n) is 3.89. The molecule has 0 radical (unpaired) electrons. The summed E-state index contributed by atoms with van der Waals surface area (Å²) in [6.45, 7) is 1.39. The molecule has 2 atom stereocenters. The Morgan fingerprint density at radius 2 is 2.04 bits per heavy atom. The average molecular weight is 428 g/mol. The Morgan fingerprint density at radius 1 is 1.29 bits per heavy atom. The fourth-order valence-electron chi connectivity index (χ4n) is 2.45. The Morgan fingerprint density at radius 3 is 2.68 bits per heavy atom. The Balaban J connectivity index is 2.06. The molecule has 0 saturated carbocycles. The van der Waals surface area contributed by atoms with Crippen LogP contribution in [0.2, 0.25) is 10.0 Å². The molecule has 2 rings (SSSR count). The van der Waals surface area contributed by atoms with Crippen LogP contribution in [0, 0.1) is 0 Å². The number of hydrogen-bond donors (Lipinski definition) is 4. The maximum atomic E-state index is 12.4. The highest BCUT2D eigenvalue weighted by Gasteiger charge is 2.18. The highest BCUT2D eigenvalue weighted by molar-refractivity contribution is 6.32. The summed E-state index contributed by atoms with van der Waals surface area (Å²) >= 11 is 12.1. The van der Waals surface area contributed by atoms with E-state index in [1.807, 2.05) is 0 Å². The van der Waals surface area contributed by atoms with E-state index in [0.717, 1.165) is 0 Å². The van der Waals surface area contributed by atoms with Gasteiger partial charge in [0.15, 0.2) is 5.82 Å². The van der Waals surface area contributed by atoms with Crippen molar-refractivity contribution in [3.05, 3.63) is 46.1 Å². The second-order valence-corrected chi connectivity index (χ2v) is 7.15. The molecule has 1 aromatic carbocycles. The molecule has 2 aromatic rings. The number of aliphatic hydroxyl groups excluding tert-OH is 2. The number of aliphatic hydroxyl groups is 2. The summed E-state index contributed by atoms with van der Waals surface area (Å²) in [7, 11) is 1.67. The van der Waals surface area contributed by atoms with Gasteiger partial charge in [0, 0.05) is 18.1 Å². The van der Waals surface area contributed by atoms with E-state index in [0.29, 0.717) is 22.4 Å². The van der Waals surface area contributed by atoms with Gasteiger partial charge in [0.2, 0.25) is 11.9 Å². The molecule has 8 nitrogen and oxygen atoms in total. The number of nitrogens with one attached hydrogen (secondary N) is 2. The number of amides is 1. The van der Waals surface area contributed by atoms with E-state index in [-0.39, 0.29) is 36.7 Å². The first kappa shape index (κ1) is 22.2. The van der Waals surface area contributed by atoms with E-state index >= 15 is 0 Å². The first-order chi connectivity index (χ1) is 13.3. The van der Waals surface area contributed by atoms with Crippen molar-refractivity contribution in [2.24, 2.45) is 0 Å². The molecule has 0 spiro atoms. The van der Waals surface area contributed by atoms with Gasteiger partial charge in [0.05, 0.1) is 32.0 Å². The van der Waals surface area contributed by atoms with Crippen molar-refractivity contribution in [2.45, 2.75) is 19.0 Å². The highest BCUT2D eigenvalue weighted by Crippen LogP contribution is 2.23. The van der Waals surface area contributed by atoms with Crippen LogP contribution in [-0.2, 0) is 4.79 Å². The molecule has 152 valence electrons. The standard InChI is InChI=1S/C18H23Cl2N5O3/c1-11(9-26)22-18-21-7-14(20)17(24-18)25(2)8-16(28)23-15(10-27)12-4-3-5-13(19)6-12/h3-7,11,15,26-27H,8-10H2,1-2H3,(H,23,28)(H,21,22,24)/t11-,15+/m0/s1. The average Bonchev–Trinajstić information content (AvgIpc) is 2.67. The zero-order valence-electron chi connectivity index (χ0n) is 15.6. The molecule has 0 aliphatic carbocycles. The van der Waals surface area contributed by atoms with Crippen LogP contribution in [0.4, 0.5) is 11.8 Å². The monoisotopic (exact) mass is 427 g/mol. The maximum Gasteiger partial charge on any atom is 0.240 e. The molecule has 0 bridgehead atoms. The first-order valence-corrected chi connectivity index (χ1v) is 9.36. The number of carbonyl (C=O) groups excluding carboxylic acids is 1. The van der Waals surface area contributed by atoms with Crippen molar-refractivity contribution >= 4 is 40.9 Å². The van der Waals surface area contributed by atoms with Gasteiger partial charge in [0.1, 0.15) is 5.02 Å². The van der Waals surface area contributed by atoms with Gasteiger partial charge in [-0.25, -0.2) is 4.98 Å². The number of anilines is 2. The van der Waals surface area contributed by atoms with Gasteiger partial charge < -0.3 is 25.7 Å². The minimum absolute atomic E-state index is 0.0389. The molecule has 0 saturated heterocycles. The van der Waals surface area contributed by atoms with Gasteiger partial charge in [-0.05, 0) is 24.6 Å². The summed E-state index contributed by atoms with van der Waals surface area (Å²) < 4.78 is 0. The van der Waals surface area contributed by atoms with Crippen LogP contribution in [0.25, 0.3) is 0 Å². The summed E-state index contributed by atoms with van der Waals surface area (Å²) in [5.74, 6) is 0.331. The molecular formula is C18H23Cl2N5O3. The van der Waals surface area contributed by atoms with E-state index in [9.17, 15) is 9.90 Å². The molecular weight excluding hydrogens is 405 g/mol. The number of aromatic nitrogens is 2.